The van der Waals surface area contributed by atoms with Crippen molar-refractivity contribution in [3.8, 4) is 0 Å². The minimum atomic E-state index is 0. The van der Waals surface area contributed by atoms with E-state index >= 15 is 0 Å². The summed E-state index contributed by atoms with van der Waals surface area (Å²) in [7, 11) is 0. The Morgan fingerprint density at radius 2 is 0.714 bits per heavy atom. The van der Waals surface area contributed by atoms with Crippen molar-refractivity contribution in [3.63, 3.8) is 0 Å². The van der Waals surface area contributed by atoms with Crippen molar-refractivity contribution in [2.24, 2.45) is 0 Å². The minimum Gasteiger partial charge on any atom is -2.00 e. The van der Waals surface area contributed by atoms with Crippen molar-refractivity contribution in [2.75, 3.05) is 0 Å². The topological polar surface area (TPSA) is 116 Å². The zero-order valence-electron chi connectivity index (χ0n) is 3.09. The predicted octanol–water partition coefficient (Wildman–Crippen LogP) is -0.541. The van der Waals surface area contributed by atoms with Gasteiger partial charge in [0, 0.05) is 0 Å². The molecule has 0 unspecified atom stereocenters. The summed E-state index contributed by atoms with van der Waals surface area (Å²) in [4.78, 5) is 0. The van der Waals surface area contributed by atoms with Gasteiger partial charge in [0.2, 0.25) is 0 Å². The van der Waals surface area contributed by atoms with Crippen LogP contribution < -0.4 is 0 Å². The van der Waals surface area contributed by atoms with Gasteiger partial charge in [0.05, 0.1) is 0 Å². The van der Waals surface area contributed by atoms with Crippen LogP contribution in [0.2, 0.25) is 0 Å². The zero-order valence-corrected chi connectivity index (χ0v) is 8.27. The van der Waals surface area contributed by atoms with Crippen LogP contribution in [0.25, 0.3) is 0 Å². The molecule has 0 heterocycles. The minimum absolute atomic E-state index is 0. The van der Waals surface area contributed by atoms with Crippen LogP contribution in [0.5, 0.6) is 0 Å². The van der Waals surface area contributed by atoms with E-state index in [1.165, 1.54) is 0 Å². The third-order valence-corrected chi connectivity index (χ3v) is 0. The molecule has 1 N–H and O–H groups in total. The molecule has 0 atom stereocenters. The molecule has 44 valence electrons. The third kappa shape index (κ3) is 99.6. The SMILES string of the molecule is [Cr+3].[Cu+2].[O-2].[O-2].[O-2].[OH-].[Zn+2]. The van der Waals surface area contributed by atoms with E-state index in [1.54, 1.807) is 0 Å². The molecule has 0 spiro atoms. The molecular formula is HCrCuO4Zn. The molecule has 0 aromatic heterocycles. The summed E-state index contributed by atoms with van der Waals surface area (Å²) in [5, 5.41) is 0. The van der Waals surface area contributed by atoms with Crippen molar-refractivity contribution in [1.82, 2.24) is 0 Å². The molecule has 7 heteroatoms. The van der Waals surface area contributed by atoms with Crippen molar-refractivity contribution in [1.29, 1.82) is 0 Å². The van der Waals surface area contributed by atoms with E-state index in [4.69, 9.17) is 0 Å². The van der Waals surface area contributed by atoms with Crippen molar-refractivity contribution in [2.45, 2.75) is 0 Å². The largest absolute Gasteiger partial charge is 3.00 e. The second-order valence-corrected chi connectivity index (χ2v) is 0. The molecular weight excluding hydrogens is 245 g/mol. The van der Waals surface area contributed by atoms with Gasteiger partial charge in [-0.3, -0.25) is 0 Å². The van der Waals surface area contributed by atoms with E-state index in [1.807, 2.05) is 0 Å². The first-order chi connectivity index (χ1) is 0. The maximum absolute atomic E-state index is 0. The average Bonchev–Trinajstić information content (AvgIpc) is 0. The van der Waals surface area contributed by atoms with Crippen molar-refractivity contribution < 1.29 is 75.8 Å². The van der Waals surface area contributed by atoms with E-state index in [0.717, 1.165) is 0 Å². The normalized spacial score (nSPS) is 0. The molecule has 2 radical (unpaired) electrons. The fourth-order valence-corrected chi connectivity index (χ4v) is 0. The van der Waals surface area contributed by atoms with Gasteiger partial charge in [-0.25, -0.2) is 0 Å². The molecule has 0 amide bonds. The molecule has 0 saturated heterocycles. The Kier molecular flexibility index (Phi) is 4160. The molecule has 7 heavy (non-hydrogen) atoms. The molecule has 0 saturated carbocycles. The Morgan fingerprint density at radius 3 is 0.714 bits per heavy atom. The molecule has 0 aromatic rings. The van der Waals surface area contributed by atoms with Gasteiger partial charge in [-0.1, -0.05) is 0 Å². The standard InChI is InChI=1S/Cr.Cu.H2O.3O.Zn/h;;1H2;;;;/q+3;+2;;3*-2;+2/p-1. The van der Waals surface area contributed by atoms with E-state index < -0.39 is 0 Å². The summed E-state index contributed by atoms with van der Waals surface area (Å²) in [6, 6.07) is 0. The monoisotopic (exact) mass is 244 g/mol. The van der Waals surface area contributed by atoms with Gasteiger partial charge in [0.25, 0.3) is 0 Å². The average molecular weight is 246 g/mol. The Morgan fingerprint density at radius 1 is 0.714 bits per heavy atom. The molecule has 0 aliphatic heterocycles. The zero-order chi connectivity index (χ0) is 0. The Hall–Kier alpha value is 1.52. The van der Waals surface area contributed by atoms with Gasteiger partial charge in [0.15, 0.2) is 0 Å². The smallest absolute Gasteiger partial charge is 2.00 e. The maximum atomic E-state index is 0. The Bertz CT molecular complexity index is 11.7. The van der Waals surface area contributed by atoms with Gasteiger partial charge in [-0.05, 0) is 0 Å². The van der Waals surface area contributed by atoms with Gasteiger partial charge in [-0.15, -0.1) is 0 Å². The van der Waals surface area contributed by atoms with Crippen LogP contribution in [0, 0.1) is 0 Å². The first kappa shape index (κ1) is 209. The van der Waals surface area contributed by atoms with Gasteiger partial charge in [-0.2, -0.15) is 0 Å². The van der Waals surface area contributed by atoms with Crippen LogP contribution in [0.1, 0.15) is 0 Å². The quantitative estimate of drug-likeness (QED) is 0.524. The second-order valence-electron chi connectivity index (χ2n) is 0. The number of hydrogen-bond acceptors (Lipinski definition) is 1. The molecule has 4 nitrogen and oxygen atoms in total. The van der Waals surface area contributed by atoms with Crippen LogP contribution in [-0.4, -0.2) is 5.48 Å². The van der Waals surface area contributed by atoms with Crippen LogP contribution >= 0.6 is 0 Å². The van der Waals surface area contributed by atoms with E-state index in [-0.39, 0.29) is 75.8 Å². The summed E-state index contributed by atoms with van der Waals surface area (Å²) in [5.74, 6) is 0. The predicted molar refractivity (Wildman–Crippen MR) is 4.00 cm³/mol. The third-order valence-electron chi connectivity index (χ3n) is 0. The molecule has 0 aromatic carbocycles. The maximum Gasteiger partial charge on any atom is 3.00 e. The fourth-order valence-electron chi connectivity index (χ4n) is 0. The fraction of sp³-hybridized carbons (Fsp3) is 0. The van der Waals surface area contributed by atoms with Crippen molar-refractivity contribution in [3.05, 3.63) is 0 Å². The van der Waals surface area contributed by atoms with Crippen molar-refractivity contribution >= 4 is 0 Å². The molecule has 0 aliphatic rings. The van der Waals surface area contributed by atoms with Crippen LogP contribution in [0.15, 0.2) is 0 Å². The molecule has 0 fully saturated rings. The van der Waals surface area contributed by atoms with E-state index in [2.05, 4.69) is 0 Å². The van der Waals surface area contributed by atoms with Crippen LogP contribution in [0.3, 0.4) is 0 Å². The summed E-state index contributed by atoms with van der Waals surface area (Å²) < 4.78 is 0. The number of hydrogen-bond donors (Lipinski definition) is 0. The first-order valence-electron chi connectivity index (χ1n) is 0. The summed E-state index contributed by atoms with van der Waals surface area (Å²) >= 11 is 0. The van der Waals surface area contributed by atoms with Gasteiger partial charge < -0.3 is 21.9 Å². The first-order valence-corrected chi connectivity index (χ1v) is 0. The van der Waals surface area contributed by atoms with E-state index in [0.29, 0.717) is 0 Å². The summed E-state index contributed by atoms with van der Waals surface area (Å²) in [5.41, 5.74) is 0. The molecule has 0 rings (SSSR count). The van der Waals surface area contributed by atoms with Gasteiger partial charge >= 0.3 is 53.9 Å². The van der Waals surface area contributed by atoms with Gasteiger partial charge in [0.1, 0.15) is 0 Å². The molecule has 0 bridgehead atoms. The van der Waals surface area contributed by atoms with Crippen LogP contribution in [-0.2, 0) is 70.3 Å². The van der Waals surface area contributed by atoms with Crippen LogP contribution in [0.4, 0.5) is 0 Å². The Balaban J connectivity index is 0. The molecule has 0 aliphatic carbocycles. The summed E-state index contributed by atoms with van der Waals surface area (Å²) in [6.45, 7) is 0. The summed E-state index contributed by atoms with van der Waals surface area (Å²) in [6.07, 6.45) is 0. The van der Waals surface area contributed by atoms with E-state index in [9.17, 15) is 0 Å². The Labute approximate surface area is 75.6 Å². The second kappa shape index (κ2) is 139. The number of rotatable bonds is 0.